The first-order valence-corrected chi connectivity index (χ1v) is 11.4. The van der Waals surface area contributed by atoms with Crippen LogP contribution in [-0.2, 0) is 19.8 Å². The maximum absolute atomic E-state index is 13.6. The van der Waals surface area contributed by atoms with Crippen LogP contribution in [-0.4, -0.2) is 60.0 Å². The second-order valence-electron chi connectivity index (χ2n) is 10.5. The molecule has 3 atom stereocenters. The minimum absolute atomic E-state index is 0.00654. The normalized spacial score (nSPS) is 15.2. The molecule has 7 heteroatoms. The molecule has 0 spiro atoms. The Balaban J connectivity index is 3.24. The van der Waals surface area contributed by atoms with Gasteiger partial charge in [0, 0.05) is 18.5 Å². The summed E-state index contributed by atoms with van der Waals surface area (Å²) in [6.45, 7) is 13.5. The third-order valence-corrected chi connectivity index (χ3v) is 6.10. The van der Waals surface area contributed by atoms with E-state index in [1.54, 1.807) is 14.1 Å². The molecule has 7 nitrogen and oxygen atoms in total. The van der Waals surface area contributed by atoms with E-state index < -0.39 is 34.9 Å². The Kier molecular flexibility index (Phi) is 9.85. The lowest BCUT2D eigenvalue weighted by molar-refractivity contribution is -0.141. The van der Waals surface area contributed by atoms with Crippen LogP contribution in [0.15, 0.2) is 42.5 Å². The predicted molar refractivity (Wildman–Crippen MR) is 132 cm³/mol. The monoisotopic (exact) mass is 459 g/mol. The number of amides is 2. The first-order valence-electron chi connectivity index (χ1n) is 11.4. The van der Waals surface area contributed by atoms with Gasteiger partial charge in [0.2, 0.25) is 11.8 Å². The zero-order chi connectivity index (χ0) is 25.6. The van der Waals surface area contributed by atoms with Gasteiger partial charge in [-0.25, -0.2) is 4.79 Å². The number of hydrogen-bond donors (Lipinski definition) is 3. The Morgan fingerprint density at radius 1 is 1.00 bits per heavy atom. The number of likely N-dealkylation sites (N-methyl/N-ethyl adjacent to an activating group) is 2. The van der Waals surface area contributed by atoms with Gasteiger partial charge in [0.1, 0.15) is 6.04 Å². The average Bonchev–Trinajstić information content (AvgIpc) is 2.71. The third-order valence-electron chi connectivity index (χ3n) is 6.10. The van der Waals surface area contributed by atoms with Crippen LogP contribution < -0.4 is 10.6 Å². The van der Waals surface area contributed by atoms with Crippen molar-refractivity contribution in [1.29, 1.82) is 0 Å². The Morgan fingerprint density at radius 2 is 1.55 bits per heavy atom. The van der Waals surface area contributed by atoms with Crippen molar-refractivity contribution in [3.63, 3.8) is 0 Å². The van der Waals surface area contributed by atoms with E-state index in [4.69, 9.17) is 5.11 Å². The molecule has 2 amide bonds. The molecule has 1 aromatic carbocycles. The lowest BCUT2D eigenvalue weighted by Crippen LogP contribution is -2.61. The van der Waals surface area contributed by atoms with Crippen LogP contribution in [0.1, 0.15) is 54.0 Å². The highest BCUT2D eigenvalue weighted by Gasteiger charge is 2.41. The summed E-state index contributed by atoms with van der Waals surface area (Å²) in [7, 11) is 3.38. The van der Waals surface area contributed by atoms with Crippen molar-refractivity contribution in [2.24, 2.45) is 11.3 Å². The molecule has 0 bridgehead atoms. The van der Waals surface area contributed by atoms with E-state index in [0.717, 1.165) is 11.6 Å². The van der Waals surface area contributed by atoms with Crippen LogP contribution in [0.2, 0.25) is 0 Å². The summed E-state index contributed by atoms with van der Waals surface area (Å²) in [6, 6.07) is 7.99. The zero-order valence-corrected chi connectivity index (χ0v) is 21.5. The van der Waals surface area contributed by atoms with E-state index in [2.05, 4.69) is 10.6 Å². The van der Waals surface area contributed by atoms with Gasteiger partial charge in [0.25, 0.3) is 0 Å². The van der Waals surface area contributed by atoms with E-state index >= 15 is 0 Å². The predicted octanol–water partition coefficient (Wildman–Crippen LogP) is 3.21. The van der Waals surface area contributed by atoms with Crippen LogP contribution >= 0.6 is 0 Å². The maximum atomic E-state index is 13.6. The molecule has 0 saturated heterocycles. The van der Waals surface area contributed by atoms with Crippen molar-refractivity contribution in [3.05, 3.63) is 48.0 Å². The summed E-state index contributed by atoms with van der Waals surface area (Å²) >= 11 is 0. The van der Waals surface area contributed by atoms with Gasteiger partial charge in [-0.3, -0.25) is 9.59 Å². The Labute approximate surface area is 198 Å². The summed E-state index contributed by atoms with van der Waals surface area (Å²) in [4.78, 5) is 39.6. The van der Waals surface area contributed by atoms with E-state index in [1.807, 2.05) is 78.8 Å². The van der Waals surface area contributed by atoms with Crippen molar-refractivity contribution in [1.82, 2.24) is 15.5 Å². The molecule has 1 unspecified atom stereocenters. The number of aliphatic carboxylic acids is 1. The number of rotatable bonds is 10. The lowest BCUT2D eigenvalue weighted by atomic mass is 9.76. The second kappa shape index (κ2) is 11.5. The molecule has 0 heterocycles. The van der Waals surface area contributed by atoms with Gasteiger partial charge in [-0.05, 0) is 23.9 Å². The van der Waals surface area contributed by atoms with Crippen molar-refractivity contribution >= 4 is 17.8 Å². The van der Waals surface area contributed by atoms with Gasteiger partial charge in [0.05, 0.1) is 12.1 Å². The Bertz CT molecular complexity index is 841. The standard InChI is InChI=1S/C26H41N3O4/c1-17(2)19(15-16-20(30)31)29(9)24(33)22(25(3,4)5)28-23(32)21(27-8)26(6,7)18-13-11-10-12-14-18/h10-17,19,21-22,27H,1-9H3,(H,28,32)(H,30,31)/b16-15+/t19-,21-,22?/m1/s1. The Morgan fingerprint density at radius 3 is 1.97 bits per heavy atom. The number of nitrogens with one attached hydrogen (secondary N) is 2. The SMILES string of the molecule is CN[C@H](C(=O)NC(C(=O)N(C)[C@H](/C=C/C(=O)O)C(C)C)C(C)(C)C)C(C)(C)c1ccccc1. The molecule has 0 aliphatic carbocycles. The summed E-state index contributed by atoms with van der Waals surface area (Å²) in [6.07, 6.45) is 2.57. The fraction of sp³-hybridized carbons (Fsp3) is 0.577. The topological polar surface area (TPSA) is 98.7 Å². The minimum Gasteiger partial charge on any atom is -0.478 e. The van der Waals surface area contributed by atoms with Crippen molar-refractivity contribution in [2.45, 2.75) is 72.0 Å². The Hall–Kier alpha value is -2.67. The molecule has 0 fully saturated rings. The van der Waals surface area contributed by atoms with E-state index in [-0.39, 0.29) is 17.7 Å². The summed E-state index contributed by atoms with van der Waals surface area (Å²) in [5, 5.41) is 15.1. The number of nitrogens with zero attached hydrogens (tertiary/aromatic N) is 1. The molecule has 0 radical (unpaired) electrons. The highest BCUT2D eigenvalue weighted by atomic mass is 16.4. The minimum atomic E-state index is -1.07. The van der Waals surface area contributed by atoms with Crippen molar-refractivity contribution < 1.29 is 19.5 Å². The second-order valence-corrected chi connectivity index (χ2v) is 10.5. The maximum Gasteiger partial charge on any atom is 0.328 e. The molecule has 184 valence electrons. The summed E-state index contributed by atoms with van der Waals surface area (Å²) in [5.74, 6) is -1.61. The highest BCUT2D eigenvalue weighted by molar-refractivity contribution is 5.91. The van der Waals surface area contributed by atoms with Gasteiger partial charge in [-0.15, -0.1) is 0 Å². The van der Waals surface area contributed by atoms with E-state index in [1.165, 1.54) is 11.0 Å². The summed E-state index contributed by atoms with van der Waals surface area (Å²) in [5.41, 5.74) is -0.0786. The van der Waals surface area contributed by atoms with Crippen LogP contribution in [0, 0.1) is 11.3 Å². The summed E-state index contributed by atoms with van der Waals surface area (Å²) < 4.78 is 0. The quantitative estimate of drug-likeness (QED) is 0.467. The number of benzene rings is 1. The molecule has 0 aliphatic rings. The molecule has 1 aromatic rings. The number of carboxylic acids is 1. The molecule has 1 rings (SSSR count). The number of carbonyl (C=O) groups is 3. The molecule has 0 aromatic heterocycles. The molecular weight excluding hydrogens is 418 g/mol. The molecule has 0 saturated carbocycles. The van der Waals surface area contributed by atoms with Gasteiger partial charge in [0.15, 0.2) is 0 Å². The number of carboxylic acid groups (broad SMARTS) is 1. The fourth-order valence-corrected chi connectivity index (χ4v) is 4.06. The lowest BCUT2D eigenvalue weighted by Gasteiger charge is -2.39. The molecule has 0 aliphatic heterocycles. The largest absolute Gasteiger partial charge is 0.478 e. The van der Waals surface area contributed by atoms with Gasteiger partial charge in [-0.2, -0.15) is 0 Å². The number of carbonyl (C=O) groups excluding carboxylic acids is 2. The van der Waals surface area contributed by atoms with Crippen LogP contribution in [0.3, 0.4) is 0 Å². The fourth-order valence-electron chi connectivity index (χ4n) is 4.06. The van der Waals surface area contributed by atoms with Crippen LogP contribution in [0.4, 0.5) is 0 Å². The van der Waals surface area contributed by atoms with Crippen molar-refractivity contribution in [2.75, 3.05) is 14.1 Å². The third kappa shape index (κ3) is 7.42. The van der Waals surface area contributed by atoms with Crippen LogP contribution in [0.25, 0.3) is 0 Å². The van der Waals surface area contributed by atoms with Gasteiger partial charge < -0.3 is 20.6 Å². The molecule has 33 heavy (non-hydrogen) atoms. The highest BCUT2D eigenvalue weighted by Crippen LogP contribution is 2.29. The van der Waals surface area contributed by atoms with Gasteiger partial charge >= 0.3 is 5.97 Å². The van der Waals surface area contributed by atoms with Crippen LogP contribution in [0.5, 0.6) is 0 Å². The first kappa shape index (κ1) is 28.4. The number of hydrogen-bond acceptors (Lipinski definition) is 4. The van der Waals surface area contributed by atoms with E-state index in [9.17, 15) is 14.4 Å². The van der Waals surface area contributed by atoms with Gasteiger partial charge in [-0.1, -0.05) is 84.9 Å². The smallest absolute Gasteiger partial charge is 0.328 e. The van der Waals surface area contributed by atoms with E-state index in [0.29, 0.717) is 0 Å². The molecule has 3 N–H and O–H groups in total. The molecular formula is C26H41N3O4. The van der Waals surface area contributed by atoms with Crippen molar-refractivity contribution in [3.8, 4) is 0 Å². The zero-order valence-electron chi connectivity index (χ0n) is 21.5. The average molecular weight is 460 g/mol. The first-order chi connectivity index (χ1) is 15.1.